The van der Waals surface area contributed by atoms with Gasteiger partial charge in [-0.2, -0.15) is 13.2 Å². The van der Waals surface area contributed by atoms with Crippen molar-refractivity contribution in [2.45, 2.75) is 18.5 Å². The number of rotatable bonds is 1. The molecule has 0 radical (unpaired) electrons. The van der Waals surface area contributed by atoms with Crippen LogP contribution in [0.15, 0.2) is 0 Å². The van der Waals surface area contributed by atoms with Crippen molar-refractivity contribution in [3.05, 3.63) is 0 Å². The van der Waals surface area contributed by atoms with E-state index in [9.17, 15) is 17.6 Å². The first-order valence-corrected chi connectivity index (χ1v) is 3.55. The molecule has 0 aromatic rings. The molecule has 1 heterocycles. The number of morpholine rings is 1. The smallest absolute Gasteiger partial charge is 0.372 e. The molecule has 72 valence electrons. The first kappa shape index (κ1) is 9.73. The van der Waals surface area contributed by atoms with E-state index in [1.54, 1.807) is 0 Å². The highest BCUT2D eigenvalue weighted by Crippen LogP contribution is 2.27. The van der Waals surface area contributed by atoms with Gasteiger partial charge in [0.2, 0.25) is 6.17 Å². The summed E-state index contributed by atoms with van der Waals surface area (Å²) in [5.74, 6) is 0. The maximum Gasteiger partial charge on any atom is 0.422 e. The number of alkyl halides is 4. The molecule has 1 aliphatic heterocycles. The minimum absolute atomic E-state index is 0.0827. The highest BCUT2D eigenvalue weighted by molar-refractivity contribution is 4.80. The second-order valence-corrected chi connectivity index (χ2v) is 2.56. The molecular weight excluding hydrogens is 178 g/mol. The van der Waals surface area contributed by atoms with E-state index in [0.717, 1.165) is 0 Å². The van der Waals surface area contributed by atoms with Gasteiger partial charge in [0, 0.05) is 13.1 Å². The minimum Gasteiger partial charge on any atom is -0.372 e. The van der Waals surface area contributed by atoms with Crippen molar-refractivity contribution < 1.29 is 22.3 Å². The average molecular weight is 187 g/mol. The molecule has 0 saturated carbocycles. The van der Waals surface area contributed by atoms with Crippen LogP contribution in [0.2, 0.25) is 0 Å². The second kappa shape index (κ2) is 3.57. The molecule has 0 amide bonds. The largest absolute Gasteiger partial charge is 0.422 e. The molecule has 0 spiro atoms. The zero-order chi connectivity index (χ0) is 9.19. The summed E-state index contributed by atoms with van der Waals surface area (Å²) in [7, 11) is 0. The lowest BCUT2D eigenvalue weighted by Gasteiger charge is -2.27. The third-order valence-electron chi connectivity index (χ3n) is 1.60. The van der Waals surface area contributed by atoms with Gasteiger partial charge in [-0.3, -0.25) is 0 Å². The topological polar surface area (TPSA) is 21.3 Å². The Morgan fingerprint density at radius 2 is 2.08 bits per heavy atom. The van der Waals surface area contributed by atoms with Crippen LogP contribution >= 0.6 is 0 Å². The molecule has 1 saturated heterocycles. The van der Waals surface area contributed by atoms with Crippen molar-refractivity contribution in [2.24, 2.45) is 0 Å². The molecule has 12 heavy (non-hydrogen) atoms. The summed E-state index contributed by atoms with van der Waals surface area (Å²) in [6, 6.07) is 0. The van der Waals surface area contributed by atoms with Crippen LogP contribution in [0.1, 0.15) is 0 Å². The predicted molar refractivity (Wildman–Crippen MR) is 33.6 cm³/mol. The molecule has 0 aromatic carbocycles. The van der Waals surface area contributed by atoms with Gasteiger partial charge in [-0.25, -0.2) is 4.39 Å². The Kier molecular flexibility index (Phi) is 2.89. The van der Waals surface area contributed by atoms with E-state index in [1.807, 2.05) is 0 Å². The molecule has 6 heteroatoms. The summed E-state index contributed by atoms with van der Waals surface area (Å²) in [4.78, 5) is 0. The molecular formula is C6H9F4NO. The van der Waals surface area contributed by atoms with Gasteiger partial charge in [0.25, 0.3) is 0 Å². The highest BCUT2D eigenvalue weighted by atomic mass is 19.4. The molecule has 2 atom stereocenters. The summed E-state index contributed by atoms with van der Waals surface area (Å²) >= 11 is 0. The molecule has 1 rings (SSSR count). The van der Waals surface area contributed by atoms with Crippen LogP contribution in [-0.2, 0) is 4.74 Å². The molecule has 2 nitrogen and oxygen atoms in total. The number of halogens is 4. The summed E-state index contributed by atoms with van der Waals surface area (Å²) in [6.45, 7) is 0.517. The minimum atomic E-state index is -4.82. The highest BCUT2D eigenvalue weighted by Gasteiger charge is 2.46. The number of hydrogen-bond acceptors (Lipinski definition) is 2. The number of ether oxygens (including phenoxy) is 1. The van der Waals surface area contributed by atoms with Crippen LogP contribution in [0.3, 0.4) is 0 Å². The van der Waals surface area contributed by atoms with Gasteiger partial charge in [-0.05, 0) is 0 Å². The lowest BCUT2D eigenvalue weighted by molar-refractivity contribution is -0.214. The van der Waals surface area contributed by atoms with Crippen LogP contribution in [-0.4, -0.2) is 38.1 Å². The second-order valence-electron chi connectivity index (χ2n) is 2.56. The third kappa shape index (κ3) is 2.31. The Morgan fingerprint density at radius 3 is 2.50 bits per heavy atom. The molecule has 0 aliphatic carbocycles. The summed E-state index contributed by atoms with van der Waals surface area (Å²) < 4.78 is 52.4. The zero-order valence-electron chi connectivity index (χ0n) is 6.20. The summed E-state index contributed by atoms with van der Waals surface area (Å²) in [6.07, 6.45) is -9.09. The third-order valence-corrected chi connectivity index (χ3v) is 1.60. The van der Waals surface area contributed by atoms with Crippen molar-refractivity contribution in [1.29, 1.82) is 0 Å². The average Bonchev–Trinajstić information content (AvgIpc) is 2.03. The quantitative estimate of drug-likeness (QED) is 0.615. The van der Waals surface area contributed by atoms with E-state index in [0.29, 0.717) is 6.54 Å². The van der Waals surface area contributed by atoms with Crippen LogP contribution in [0.25, 0.3) is 0 Å². The number of hydrogen-bond donors (Lipinski definition) is 1. The normalized spacial score (nSPS) is 28.5. The monoisotopic (exact) mass is 187 g/mol. The van der Waals surface area contributed by atoms with E-state index in [4.69, 9.17) is 0 Å². The molecule has 1 N–H and O–H groups in total. The first-order valence-electron chi connectivity index (χ1n) is 3.55. The van der Waals surface area contributed by atoms with Crippen LogP contribution in [0, 0.1) is 0 Å². The molecule has 1 fully saturated rings. The predicted octanol–water partition coefficient (Wildman–Crippen LogP) is 0.875. The standard InChI is InChI=1S/C6H9F4NO/c7-5(6(8,9)10)4-3-11-1-2-12-4/h4-5,11H,1-3H2. The maximum absolute atomic E-state index is 12.5. The number of nitrogens with one attached hydrogen (secondary N) is 1. The van der Waals surface area contributed by atoms with Gasteiger partial charge in [-0.15, -0.1) is 0 Å². The molecule has 0 bridgehead atoms. The van der Waals surface area contributed by atoms with Gasteiger partial charge in [0.1, 0.15) is 6.10 Å². The van der Waals surface area contributed by atoms with E-state index < -0.39 is 18.5 Å². The van der Waals surface area contributed by atoms with Crippen molar-refractivity contribution in [3.63, 3.8) is 0 Å². The molecule has 0 aromatic heterocycles. The fourth-order valence-electron chi connectivity index (χ4n) is 0.984. The van der Waals surface area contributed by atoms with Crippen molar-refractivity contribution in [1.82, 2.24) is 5.32 Å². The fourth-order valence-corrected chi connectivity index (χ4v) is 0.984. The Bertz CT molecular complexity index is 143. The van der Waals surface area contributed by atoms with Crippen molar-refractivity contribution in [2.75, 3.05) is 19.7 Å². The zero-order valence-corrected chi connectivity index (χ0v) is 6.20. The van der Waals surface area contributed by atoms with Crippen LogP contribution in [0.5, 0.6) is 0 Å². The van der Waals surface area contributed by atoms with E-state index in [-0.39, 0.29) is 13.2 Å². The van der Waals surface area contributed by atoms with Gasteiger partial charge >= 0.3 is 6.18 Å². The summed E-state index contributed by atoms with van der Waals surface area (Å²) in [5, 5.41) is 2.62. The summed E-state index contributed by atoms with van der Waals surface area (Å²) in [5.41, 5.74) is 0. The van der Waals surface area contributed by atoms with Crippen molar-refractivity contribution >= 4 is 0 Å². The van der Waals surface area contributed by atoms with Gasteiger partial charge < -0.3 is 10.1 Å². The van der Waals surface area contributed by atoms with Crippen molar-refractivity contribution in [3.8, 4) is 0 Å². The lowest BCUT2D eigenvalue weighted by Crippen LogP contribution is -2.48. The van der Waals surface area contributed by atoms with E-state index >= 15 is 0 Å². The van der Waals surface area contributed by atoms with Gasteiger partial charge in [-0.1, -0.05) is 0 Å². The Morgan fingerprint density at radius 1 is 1.42 bits per heavy atom. The van der Waals surface area contributed by atoms with E-state index in [2.05, 4.69) is 10.1 Å². The van der Waals surface area contributed by atoms with Crippen LogP contribution in [0.4, 0.5) is 17.6 Å². The molecule has 2 unspecified atom stereocenters. The fraction of sp³-hybridized carbons (Fsp3) is 1.00. The Balaban J connectivity index is 2.45. The Labute approximate surface area is 66.9 Å². The first-order chi connectivity index (χ1) is 5.52. The van der Waals surface area contributed by atoms with Crippen LogP contribution < -0.4 is 5.32 Å². The lowest BCUT2D eigenvalue weighted by atomic mass is 10.2. The van der Waals surface area contributed by atoms with Gasteiger partial charge in [0.05, 0.1) is 6.61 Å². The maximum atomic E-state index is 12.5. The van der Waals surface area contributed by atoms with E-state index in [1.165, 1.54) is 0 Å². The SMILES string of the molecule is FC(C1CNCCO1)C(F)(F)F. The van der Waals surface area contributed by atoms with Gasteiger partial charge in [0.15, 0.2) is 0 Å². The molecule has 1 aliphatic rings. The Hall–Kier alpha value is -0.360.